The van der Waals surface area contributed by atoms with Crippen LogP contribution in [0.4, 0.5) is 18.9 Å². The molecule has 2 heterocycles. The topological polar surface area (TPSA) is 66.0 Å². The number of halogens is 3. The minimum atomic E-state index is -4.49. The third-order valence-corrected chi connectivity index (χ3v) is 2.54. The summed E-state index contributed by atoms with van der Waals surface area (Å²) < 4.78 is 44.1. The van der Waals surface area contributed by atoms with Crippen LogP contribution in [0.5, 0.6) is 5.88 Å². The van der Waals surface area contributed by atoms with Gasteiger partial charge in [-0.3, -0.25) is 0 Å². The number of nitrogens with zero attached hydrogens (tertiary/aromatic N) is 3. The van der Waals surface area contributed by atoms with Crippen LogP contribution in [0.15, 0.2) is 24.4 Å². The van der Waals surface area contributed by atoms with Crippen molar-refractivity contribution in [3.05, 3.63) is 30.1 Å². The van der Waals surface area contributed by atoms with Crippen molar-refractivity contribution in [1.82, 2.24) is 14.8 Å². The number of hydrogen-bond donors (Lipinski definition) is 1. The summed E-state index contributed by atoms with van der Waals surface area (Å²) >= 11 is 0. The SMILES string of the molecule is CC(C)COc1nc(-n2ccc(C(F)(F)F)n2)ccc1N. The Labute approximate surface area is 119 Å². The third-order valence-electron chi connectivity index (χ3n) is 2.54. The maximum atomic E-state index is 12.5. The summed E-state index contributed by atoms with van der Waals surface area (Å²) in [5.74, 6) is 0.667. The maximum absolute atomic E-state index is 12.5. The Hall–Kier alpha value is -2.25. The fourth-order valence-corrected chi connectivity index (χ4v) is 1.53. The zero-order chi connectivity index (χ0) is 15.6. The standard InChI is InChI=1S/C13H15F3N4O/c1-8(2)7-21-12-9(17)3-4-11(18-12)20-6-5-10(19-20)13(14,15)16/h3-6,8H,7,17H2,1-2H3. The molecule has 21 heavy (non-hydrogen) atoms. The number of aromatic nitrogens is 3. The first-order valence-electron chi connectivity index (χ1n) is 6.30. The predicted octanol–water partition coefficient (Wildman–Crippen LogP) is 2.90. The van der Waals surface area contributed by atoms with Gasteiger partial charge in [-0.2, -0.15) is 23.3 Å². The summed E-state index contributed by atoms with van der Waals surface area (Å²) in [6.07, 6.45) is -3.30. The van der Waals surface area contributed by atoms with Crippen LogP contribution in [0.2, 0.25) is 0 Å². The highest BCUT2D eigenvalue weighted by atomic mass is 19.4. The summed E-state index contributed by atoms with van der Waals surface area (Å²) in [4.78, 5) is 4.10. The van der Waals surface area contributed by atoms with Crippen LogP contribution in [0.3, 0.4) is 0 Å². The van der Waals surface area contributed by atoms with E-state index in [1.807, 2.05) is 13.8 Å². The number of anilines is 1. The molecule has 0 unspecified atom stereocenters. The summed E-state index contributed by atoms with van der Waals surface area (Å²) in [6.45, 7) is 4.33. The van der Waals surface area contributed by atoms with E-state index in [4.69, 9.17) is 10.5 Å². The van der Waals surface area contributed by atoms with Gasteiger partial charge in [-0.25, -0.2) is 4.68 Å². The number of nitrogens with two attached hydrogens (primary N) is 1. The highest BCUT2D eigenvalue weighted by Crippen LogP contribution is 2.28. The van der Waals surface area contributed by atoms with E-state index in [1.165, 1.54) is 18.3 Å². The number of rotatable bonds is 4. The number of ether oxygens (including phenoxy) is 1. The second-order valence-electron chi connectivity index (χ2n) is 4.91. The number of nitrogen functional groups attached to an aromatic ring is 1. The van der Waals surface area contributed by atoms with Crippen molar-refractivity contribution in [1.29, 1.82) is 0 Å². The normalized spacial score (nSPS) is 11.9. The van der Waals surface area contributed by atoms with E-state index < -0.39 is 11.9 Å². The smallest absolute Gasteiger partial charge is 0.435 e. The van der Waals surface area contributed by atoms with E-state index in [9.17, 15) is 13.2 Å². The summed E-state index contributed by atoms with van der Waals surface area (Å²) in [5.41, 5.74) is 5.07. The molecule has 0 aliphatic carbocycles. The molecule has 0 amide bonds. The lowest BCUT2D eigenvalue weighted by Gasteiger charge is -2.11. The number of alkyl halides is 3. The van der Waals surface area contributed by atoms with Gasteiger partial charge < -0.3 is 10.5 Å². The molecule has 2 rings (SSSR count). The second kappa shape index (κ2) is 5.63. The molecule has 2 aromatic heterocycles. The Bertz CT molecular complexity index is 622. The third kappa shape index (κ3) is 3.65. The van der Waals surface area contributed by atoms with Crippen molar-refractivity contribution in [2.24, 2.45) is 5.92 Å². The predicted molar refractivity (Wildman–Crippen MR) is 71.1 cm³/mol. The molecule has 0 fully saturated rings. The van der Waals surface area contributed by atoms with Crippen molar-refractivity contribution in [2.45, 2.75) is 20.0 Å². The minimum absolute atomic E-state index is 0.185. The van der Waals surface area contributed by atoms with Gasteiger partial charge in [0.2, 0.25) is 5.88 Å². The van der Waals surface area contributed by atoms with E-state index in [0.717, 1.165) is 10.7 Å². The van der Waals surface area contributed by atoms with E-state index in [2.05, 4.69) is 10.1 Å². The van der Waals surface area contributed by atoms with Gasteiger partial charge in [0.05, 0.1) is 12.3 Å². The van der Waals surface area contributed by atoms with Crippen LogP contribution in [-0.2, 0) is 6.18 Å². The van der Waals surface area contributed by atoms with Crippen LogP contribution in [0.1, 0.15) is 19.5 Å². The zero-order valence-corrected chi connectivity index (χ0v) is 11.6. The Morgan fingerprint density at radius 1 is 1.29 bits per heavy atom. The van der Waals surface area contributed by atoms with Crippen molar-refractivity contribution in [3.63, 3.8) is 0 Å². The summed E-state index contributed by atoms with van der Waals surface area (Å²) in [6, 6.07) is 3.88. The molecule has 0 aromatic carbocycles. The van der Waals surface area contributed by atoms with E-state index in [0.29, 0.717) is 12.3 Å². The monoisotopic (exact) mass is 300 g/mol. The molecule has 0 spiro atoms. The molecular formula is C13H15F3N4O. The van der Waals surface area contributed by atoms with Gasteiger partial charge in [-0.1, -0.05) is 13.8 Å². The van der Waals surface area contributed by atoms with Crippen LogP contribution in [0, 0.1) is 5.92 Å². The minimum Gasteiger partial charge on any atom is -0.476 e. The van der Waals surface area contributed by atoms with Gasteiger partial charge in [-0.15, -0.1) is 0 Å². The lowest BCUT2D eigenvalue weighted by atomic mass is 10.2. The van der Waals surface area contributed by atoms with Crippen LogP contribution in [-0.4, -0.2) is 21.4 Å². The Morgan fingerprint density at radius 2 is 2.00 bits per heavy atom. The van der Waals surface area contributed by atoms with Crippen LogP contribution in [0.25, 0.3) is 5.82 Å². The molecule has 5 nitrogen and oxygen atoms in total. The Morgan fingerprint density at radius 3 is 2.57 bits per heavy atom. The lowest BCUT2D eigenvalue weighted by molar-refractivity contribution is -0.141. The van der Waals surface area contributed by atoms with Gasteiger partial charge in [0.1, 0.15) is 0 Å². The van der Waals surface area contributed by atoms with Gasteiger partial charge >= 0.3 is 6.18 Å². The molecule has 0 aliphatic heterocycles. The van der Waals surface area contributed by atoms with Crippen molar-refractivity contribution in [3.8, 4) is 11.7 Å². The van der Waals surface area contributed by atoms with E-state index >= 15 is 0 Å². The molecular weight excluding hydrogens is 285 g/mol. The van der Waals surface area contributed by atoms with Crippen molar-refractivity contribution >= 4 is 5.69 Å². The molecule has 0 atom stereocenters. The lowest BCUT2D eigenvalue weighted by Crippen LogP contribution is -2.10. The highest BCUT2D eigenvalue weighted by molar-refractivity contribution is 5.50. The fraction of sp³-hybridized carbons (Fsp3) is 0.385. The largest absolute Gasteiger partial charge is 0.476 e. The molecule has 0 bridgehead atoms. The van der Waals surface area contributed by atoms with Gasteiger partial charge in [0, 0.05) is 6.20 Å². The second-order valence-corrected chi connectivity index (χ2v) is 4.91. The van der Waals surface area contributed by atoms with Crippen molar-refractivity contribution < 1.29 is 17.9 Å². The number of pyridine rings is 1. The fourth-order valence-electron chi connectivity index (χ4n) is 1.53. The Balaban J connectivity index is 2.28. The quantitative estimate of drug-likeness (QED) is 0.943. The first kappa shape index (κ1) is 15.1. The molecule has 2 aromatic rings. The molecule has 8 heteroatoms. The maximum Gasteiger partial charge on any atom is 0.435 e. The number of hydrogen-bond acceptors (Lipinski definition) is 4. The van der Waals surface area contributed by atoms with E-state index in [-0.39, 0.29) is 17.6 Å². The molecule has 114 valence electrons. The van der Waals surface area contributed by atoms with Gasteiger partial charge in [0.15, 0.2) is 11.5 Å². The Kier molecular flexibility index (Phi) is 4.06. The highest BCUT2D eigenvalue weighted by Gasteiger charge is 2.33. The van der Waals surface area contributed by atoms with Gasteiger partial charge in [0.25, 0.3) is 0 Å². The van der Waals surface area contributed by atoms with E-state index in [1.54, 1.807) is 0 Å². The molecule has 0 saturated carbocycles. The molecule has 0 saturated heterocycles. The molecule has 0 aliphatic rings. The summed E-state index contributed by atoms with van der Waals surface area (Å²) in [7, 11) is 0. The average molecular weight is 300 g/mol. The first-order valence-corrected chi connectivity index (χ1v) is 6.30. The summed E-state index contributed by atoms with van der Waals surface area (Å²) in [5, 5.41) is 3.45. The van der Waals surface area contributed by atoms with Crippen molar-refractivity contribution in [2.75, 3.05) is 12.3 Å². The zero-order valence-electron chi connectivity index (χ0n) is 11.6. The van der Waals surface area contributed by atoms with Crippen LogP contribution >= 0.6 is 0 Å². The molecule has 2 N–H and O–H groups in total. The molecule has 0 radical (unpaired) electrons. The average Bonchev–Trinajstić information content (AvgIpc) is 2.87. The van der Waals surface area contributed by atoms with Gasteiger partial charge in [-0.05, 0) is 24.1 Å². The van der Waals surface area contributed by atoms with Crippen LogP contribution < -0.4 is 10.5 Å². The first-order chi connectivity index (χ1) is 9.77.